The molecule has 1 heterocycles. The highest BCUT2D eigenvalue weighted by Crippen LogP contribution is 2.60. The van der Waals surface area contributed by atoms with Gasteiger partial charge in [0.2, 0.25) is 5.91 Å². The smallest absolute Gasteiger partial charge is 0.337 e. The average molecular weight is 442 g/mol. The lowest BCUT2D eigenvalue weighted by atomic mass is 9.49. The summed E-state index contributed by atoms with van der Waals surface area (Å²) in [4.78, 5) is 39.8. The van der Waals surface area contributed by atoms with E-state index in [1.165, 1.54) is 26.4 Å². The third-order valence-electron chi connectivity index (χ3n) is 8.06. The zero-order valence-corrected chi connectivity index (χ0v) is 18.5. The minimum Gasteiger partial charge on any atom is -0.465 e. The fourth-order valence-corrected chi connectivity index (χ4v) is 7.04. The van der Waals surface area contributed by atoms with E-state index in [1.54, 1.807) is 29.2 Å². The number of nitrogens with zero attached hydrogens (tertiary/aromatic N) is 1. The highest BCUT2D eigenvalue weighted by molar-refractivity contribution is 5.90. The predicted molar refractivity (Wildman–Crippen MR) is 114 cm³/mol. The van der Waals surface area contributed by atoms with Crippen molar-refractivity contribution in [1.29, 1.82) is 0 Å². The number of hydrogen-bond donors (Lipinski definition) is 1. The number of amides is 1. The molecule has 0 aromatic heterocycles. The van der Waals surface area contributed by atoms with Crippen LogP contribution in [-0.2, 0) is 25.7 Å². The monoisotopic (exact) mass is 441 g/mol. The Balaban J connectivity index is 1.25. The van der Waals surface area contributed by atoms with Crippen LogP contribution in [-0.4, -0.2) is 53.7 Å². The van der Waals surface area contributed by atoms with Crippen LogP contribution in [0.15, 0.2) is 24.3 Å². The van der Waals surface area contributed by atoms with Crippen LogP contribution in [0.4, 0.5) is 0 Å². The Morgan fingerprint density at radius 3 is 2.16 bits per heavy atom. The highest BCUT2D eigenvalue weighted by atomic mass is 16.5. The van der Waals surface area contributed by atoms with Crippen molar-refractivity contribution >= 4 is 17.8 Å². The van der Waals surface area contributed by atoms with Gasteiger partial charge in [0.1, 0.15) is 12.6 Å². The van der Waals surface area contributed by atoms with Crippen molar-refractivity contribution in [3.05, 3.63) is 35.4 Å². The molecule has 1 amide bonds. The molecule has 1 aromatic rings. The number of β-amino-alcohol motifs (C(OH)–C–C–N with tert-alkyl or cyclic N) is 1. The third kappa shape index (κ3) is 3.81. The summed E-state index contributed by atoms with van der Waals surface area (Å²) in [6, 6.07) is 5.93. The summed E-state index contributed by atoms with van der Waals surface area (Å²) < 4.78 is 10.2. The first-order valence-corrected chi connectivity index (χ1v) is 11.7. The standard InChI is InChI=1S/C25H31NO6/c1-31-22(28)19-4-2-15(3-5-19)14-32-23(29)21-9-20(27)13-26(21)24(30)25-10-16-6-17(11-25)8-18(7-16)12-25/h2-5,16-18,20-21,27H,6-14H2,1H3. The molecule has 5 fully saturated rings. The van der Waals surface area contributed by atoms with Gasteiger partial charge in [-0.1, -0.05) is 12.1 Å². The number of carbonyl (C=O) groups excluding carboxylic acids is 3. The zero-order valence-electron chi connectivity index (χ0n) is 18.5. The predicted octanol–water partition coefficient (Wildman–Crippen LogP) is 2.69. The van der Waals surface area contributed by atoms with Crippen LogP contribution in [0, 0.1) is 23.2 Å². The molecule has 172 valence electrons. The molecule has 4 aliphatic carbocycles. The second-order valence-electron chi connectivity index (χ2n) is 10.4. The normalized spacial score (nSPS) is 35.1. The van der Waals surface area contributed by atoms with Crippen LogP contribution in [0.5, 0.6) is 0 Å². The largest absolute Gasteiger partial charge is 0.465 e. The van der Waals surface area contributed by atoms with Gasteiger partial charge in [0.05, 0.1) is 24.2 Å². The van der Waals surface area contributed by atoms with E-state index in [2.05, 4.69) is 4.74 Å². The van der Waals surface area contributed by atoms with E-state index in [4.69, 9.17) is 4.74 Å². The minimum absolute atomic E-state index is 0.0479. The van der Waals surface area contributed by atoms with Crippen LogP contribution in [0.1, 0.15) is 60.9 Å². The second-order valence-corrected chi connectivity index (χ2v) is 10.4. The van der Waals surface area contributed by atoms with Crippen molar-refractivity contribution < 1.29 is 29.0 Å². The molecule has 0 spiro atoms. The molecule has 1 aromatic carbocycles. The van der Waals surface area contributed by atoms with E-state index in [9.17, 15) is 19.5 Å². The quantitative estimate of drug-likeness (QED) is 0.707. The van der Waals surface area contributed by atoms with Crippen LogP contribution >= 0.6 is 0 Å². The Bertz CT molecular complexity index is 874. The molecule has 32 heavy (non-hydrogen) atoms. The average Bonchev–Trinajstić information content (AvgIpc) is 3.17. The Morgan fingerprint density at radius 1 is 1.00 bits per heavy atom. The van der Waals surface area contributed by atoms with Crippen LogP contribution in [0.3, 0.4) is 0 Å². The molecule has 4 saturated carbocycles. The zero-order chi connectivity index (χ0) is 22.5. The molecule has 1 saturated heterocycles. The number of benzene rings is 1. The van der Waals surface area contributed by atoms with Gasteiger partial charge in [0.25, 0.3) is 0 Å². The van der Waals surface area contributed by atoms with Crippen molar-refractivity contribution in [2.24, 2.45) is 23.2 Å². The fraction of sp³-hybridized carbons (Fsp3) is 0.640. The van der Waals surface area contributed by atoms with Gasteiger partial charge in [0, 0.05) is 13.0 Å². The van der Waals surface area contributed by atoms with Gasteiger partial charge in [-0.25, -0.2) is 9.59 Å². The summed E-state index contributed by atoms with van der Waals surface area (Å²) in [5, 5.41) is 10.3. The maximum absolute atomic E-state index is 13.7. The van der Waals surface area contributed by atoms with E-state index in [0.717, 1.165) is 24.8 Å². The van der Waals surface area contributed by atoms with Gasteiger partial charge in [-0.3, -0.25) is 4.79 Å². The van der Waals surface area contributed by atoms with Crippen molar-refractivity contribution in [2.45, 2.75) is 63.7 Å². The summed E-state index contributed by atoms with van der Waals surface area (Å²) in [6.07, 6.45) is 6.04. The summed E-state index contributed by atoms with van der Waals surface area (Å²) in [7, 11) is 1.32. The molecule has 1 N–H and O–H groups in total. The van der Waals surface area contributed by atoms with E-state index in [-0.39, 0.29) is 30.9 Å². The molecule has 2 unspecified atom stereocenters. The number of rotatable bonds is 5. The number of likely N-dealkylation sites (tertiary alicyclic amines) is 1. The fourth-order valence-electron chi connectivity index (χ4n) is 7.04. The number of aliphatic hydroxyl groups excluding tert-OH is 1. The number of carbonyl (C=O) groups is 3. The first-order valence-electron chi connectivity index (χ1n) is 11.7. The van der Waals surface area contributed by atoms with Crippen molar-refractivity contribution in [1.82, 2.24) is 4.90 Å². The summed E-state index contributed by atoms with van der Waals surface area (Å²) in [5.41, 5.74) is 0.818. The molecule has 7 nitrogen and oxygen atoms in total. The van der Waals surface area contributed by atoms with E-state index >= 15 is 0 Å². The lowest BCUT2D eigenvalue weighted by Gasteiger charge is -2.56. The molecule has 0 radical (unpaired) electrons. The van der Waals surface area contributed by atoms with Crippen molar-refractivity contribution in [3.8, 4) is 0 Å². The maximum atomic E-state index is 13.7. The lowest BCUT2D eigenvalue weighted by molar-refractivity contribution is -0.166. The second kappa shape index (κ2) is 8.18. The van der Waals surface area contributed by atoms with E-state index in [1.807, 2.05) is 0 Å². The number of esters is 2. The molecule has 1 aliphatic heterocycles. The van der Waals surface area contributed by atoms with Gasteiger partial charge in [-0.05, 0) is 74.0 Å². The lowest BCUT2D eigenvalue weighted by Crippen LogP contribution is -2.56. The number of ether oxygens (including phenoxy) is 2. The van der Waals surface area contributed by atoms with Gasteiger partial charge in [-0.15, -0.1) is 0 Å². The van der Waals surface area contributed by atoms with E-state index in [0.29, 0.717) is 23.3 Å². The summed E-state index contributed by atoms with van der Waals surface area (Å²) >= 11 is 0. The summed E-state index contributed by atoms with van der Waals surface area (Å²) in [5.74, 6) is 1.06. The van der Waals surface area contributed by atoms with Gasteiger partial charge in [-0.2, -0.15) is 0 Å². The Hall–Kier alpha value is -2.41. The Kier molecular flexibility index (Phi) is 5.48. The molecule has 5 aliphatic rings. The maximum Gasteiger partial charge on any atom is 0.337 e. The summed E-state index contributed by atoms with van der Waals surface area (Å²) in [6.45, 7) is 0.250. The Morgan fingerprint density at radius 2 is 1.59 bits per heavy atom. The molecular formula is C25H31NO6. The first kappa shape index (κ1) is 21.4. The van der Waals surface area contributed by atoms with E-state index < -0.39 is 24.1 Å². The number of aliphatic hydroxyl groups is 1. The minimum atomic E-state index is -0.736. The van der Waals surface area contributed by atoms with Crippen LogP contribution in [0.2, 0.25) is 0 Å². The Labute approximate surface area is 188 Å². The number of methoxy groups -OCH3 is 1. The SMILES string of the molecule is COC(=O)c1ccc(COC(=O)C2CC(O)CN2C(=O)C23CC4CC(CC(C4)C2)C3)cc1. The van der Waals surface area contributed by atoms with Crippen LogP contribution < -0.4 is 0 Å². The van der Waals surface area contributed by atoms with Crippen molar-refractivity contribution in [3.63, 3.8) is 0 Å². The molecule has 2 atom stereocenters. The van der Waals surface area contributed by atoms with Gasteiger partial charge in [0.15, 0.2) is 0 Å². The molecule has 6 rings (SSSR count). The first-order chi connectivity index (χ1) is 15.4. The van der Waals surface area contributed by atoms with Gasteiger partial charge < -0.3 is 19.5 Å². The molecule has 4 bridgehead atoms. The number of hydrogen-bond acceptors (Lipinski definition) is 6. The molecular weight excluding hydrogens is 410 g/mol. The van der Waals surface area contributed by atoms with Gasteiger partial charge >= 0.3 is 11.9 Å². The molecule has 7 heteroatoms. The third-order valence-corrected chi connectivity index (χ3v) is 8.06. The van der Waals surface area contributed by atoms with Crippen molar-refractivity contribution in [2.75, 3.05) is 13.7 Å². The topological polar surface area (TPSA) is 93.1 Å². The highest BCUT2D eigenvalue weighted by Gasteiger charge is 2.57. The van der Waals surface area contributed by atoms with Crippen LogP contribution in [0.25, 0.3) is 0 Å².